The standard InChI is InChI=1S/C11H14F3N3O2S/c1-7-5-9(11(12,13)14)16-10(15-7)17-3-4-20(18,19)6-8(17)2/h5,8H,3-4,6H2,1-2H3. The largest absolute Gasteiger partial charge is 0.433 e. The third-order valence-electron chi connectivity index (χ3n) is 3.06. The zero-order valence-corrected chi connectivity index (χ0v) is 11.8. The Morgan fingerprint density at radius 1 is 1.35 bits per heavy atom. The smallest absolute Gasteiger partial charge is 0.336 e. The van der Waals surface area contributed by atoms with Gasteiger partial charge in [0, 0.05) is 18.3 Å². The Hall–Kier alpha value is -1.38. The van der Waals surface area contributed by atoms with Gasteiger partial charge in [0.15, 0.2) is 9.84 Å². The van der Waals surface area contributed by atoms with Gasteiger partial charge in [-0.05, 0) is 19.9 Å². The van der Waals surface area contributed by atoms with Crippen LogP contribution in [0.1, 0.15) is 18.3 Å². The molecule has 1 aromatic heterocycles. The van der Waals surface area contributed by atoms with E-state index in [1.807, 2.05) is 0 Å². The molecule has 9 heteroatoms. The Morgan fingerprint density at radius 3 is 2.55 bits per heavy atom. The van der Waals surface area contributed by atoms with Crippen molar-refractivity contribution < 1.29 is 21.6 Å². The van der Waals surface area contributed by atoms with E-state index >= 15 is 0 Å². The number of anilines is 1. The molecule has 1 saturated heterocycles. The molecule has 0 aromatic carbocycles. The van der Waals surface area contributed by atoms with Crippen molar-refractivity contribution in [3.05, 3.63) is 17.5 Å². The van der Waals surface area contributed by atoms with E-state index < -0.39 is 27.7 Å². The summed E-state index contributed by atoms with van der Waals surface area (Å²) in [5.41, 5.74) is -0.816. The normalized spacial score (nSPS) is 22.9. The molecular weight excluding hydrogens is 295 g/mol. The van der Waals surface area contributed by atoms with Gasteiger partial charge in [-0.1, -0.05) is 0 Å². The maximum Gasteiger partial charge on any atom is 0.433 e. The van der Waals surface area contributed by atoms with Crippen molar-refractivity contribution in [1.29, 1.82) is 0 Å². The van der Waals surface area contributed by atoms with Crippen LogP contribution in [0.5, 0.6) is 0 Å². The molecule has 1 fully saturated rings. The summed E-state index contributed by atoms with van der Waals surface area (Å²) in [5, 5.41) is 0. The molecule has 112 valence electrons. The highest BCUT2D eigenvalue weighted by atomic mass is 32.2. The molecule has 1 aliphatic heterocycles. The Balaban J connectivity index is 2.36. The maximum absolute atomic E-state index is 12.7. The second kappa shape index (κ2) is 4.87. The minimum absolute atomic E-state index is 0.0697. The van der Waals surface area contributed by atoms with Crippen molar-refractivity contribution in [2.24, 2.45) is 0 Å². The molecule has 0 radical (unpaired) electrons. The van der Waals surface area contributed by atoms with Gasteiger partial charge in [-0.3, -0.25) is 0 Å². The Morgan fingerprint density at radius 2 is 2.00 bits per heavy atom. The molecule has 0 N–H and O–H groups in total. The van der Waals surface area contributed by atoms with Crippen LogP contribution in [0, 0.1) is 6.92 Å². The van der Waals surface area contributed by atoms with Crippen molar-refractivity contribution in [3.63, 3.8) is 0 Å². The number of aryl methyl sites for hydroxylation is 1. The van der Waals surface area contributed by atoms with E-state index in [4.69, 9.17) is 0 Å². The van der Waals surface area contributed by atoms with Crippen LogP contribution in [-0.4, -0.2) is 42.5 Å². The number of hydrogen-bond acceptors (Lipinski definition) is 5. The number of halogens is 3. The first-order chi connectivity index (χ1) is 9.08. The first-order valence-electron chi connectivity index (χ1n) is 5.98. The average molecular weight is 309 g/mol. The molecule has 1 aromatic rings. The fourth-order valence-electron chi connectivity index (χ4n) is 2.12. The topological polar surface area (TPSA) is 63.2 Å². The van der Waals surface area contributed by atoms with Crippen LogP contribution in [-0.2, 0) is 16.0 Å². The van der Waals surface area contributed by atoms with Crippen molar-refractivity contribution >= 4 is 15.8 Å². The first-order valence-corrected chi connectivity index (χ1v) is 7.80. The molecule has 0 amide bonds. The summed E-state index contributed by atoms with van der Waals surface area (Å²) in [6.07, 6.45) is -4.55. The van der Waals surface area contributed by atoms with Crippen LogP contribution >= 0.6 is 0 Å². The highest BCUT2D eigenvalue weighted by Gasteiger charge is 2.35. The quantitative estimate of drug-likeness (QED) is 0.785. The fraction of sp³-hybridized carbons (Fsp3) is 0.636. The molecule has 20 heavy (non-hydrogen) atoms. The maximum atomic E-state index is 12.7. The van der Waals surface area contributed by atoms with Crippen LogP contribution in [0.3, 0.4) is 0 Å². The molecule has 1 aliphatic rings. The van der Waals surface area contributed by atoms with E-state index in [0.717, 1.165) is 6.07 Å². The van der Waals surface area contributed by atoms with Gasteiger partial charge in [0.25, 0.3) is 0 Å². The predicted octanol–water partition coefficient (Wildman–Crippen LogP) is 1.43. The van der Waals surface area contributed by atoms with E-state index in [9.17, 15) is 21.6 Å². The lowest BCUT2D eigenvalue weighted by Crippen LogP contribution is -2.48. The Labute approximate surface area is 114 Å². The number of rotatable bonds is 1. The van der Waals surface area contributed by atoms with Gasteiger partial charge in [-0.15, -0.1) is 0 Å². The SMILES string of the molecule is Cc1cc(C(F)(F)F)nc(N2CCS(=O)(=O)CC2C)n1. The molecular formula is C11H14F3N3O2S. The number of aromatic nitrogens is 2. The van der Waals surface area contributed by atoms with E-state index in [2.05, 4.69) is 9.97 Å². The summed E-state index contributed by atoms with van der Waals surface area (Å²) in [6.45, 7) is 3.19. The number of hydrogen-bond donors (Lipinski definition) is 0. The molecule has 0 aliphatic carbocycles. The minimum Gasteiger partial charge on any atom is -0.336 e. The summed E-state index contributed by atoms with van der Waals surface area (Å²) in [5.74, 6) is -0.276. The summed E-state index contributed by atoms with van der Waals surface area (Å²) >= 11 is 0. The second-order valence-electron chi connectivity index (χ2n) is 4.85. The first kappa shape index (κ1) is 15.0. The van der Waals surface area contributed by atoms with Crippen LogP contribution in [0.2, 0.25) is 0 Å². The molecule has 0 bridgehead atoms. The lowest BCUT2D eigenvalue weighted by Gasteiger charge is -2.33. The number of alkyl halides is 3. The minimum atomic E-state index is -4.55. The lowest BCUT2D eigenvalue weighted by molar-refractivity contribution is -0.141. The van der Waals surface area contributed by atoms with E-state index in [1.54, 1.807) is 6.92 Å². The summed E-state index contributed by atoms with van der Waals surface area (Å²) in [6, 6.07) is 0.422. The molecule has 2 rings (SSSR count). The highest BCUT2D eigenvalue weighted by molar-refractivity contribution is 7.91. The van der Waals surface area contributed by atoms with Gasteiger partial charge in [-0.25, -0.2) is 18.4 Å². The summed E-state index contributed by atoms with van der Waals surface area (Å²) in [7, 11) is -3.14. The van der Waals surface area contributed by atoms with Gasteiger partial charge in [0.05, 0.1) is 11.5 Å². The third kappa shape index (κ3) is 3.20. The predicted molar refractivity (Wildman–Crippen MR) is 67.2 cm³/mol. The lowest BCUT2D eigenvalue weighted by atomic mass is 10.3. The van der Waals surface area contributed by atoms with Crippen molar-refractivity contribution in [1.82, 2.24) is 9.97 Å². The molecule has 1 unspecified atom stereocenters. The van der Waals surface area contributed by atoms with Crippen LogP contribution < -0.4 is 4.90 Å². The van der Waals surface area contributed by atoms with Crippen LogP contribution in [0.4, 0.5) is 19.1 Å². The van der Waals surface area contributed by atoms with E-state index in [-0.39, 0.29) is 29.7 Å². The number of sulfone groups is 1. The van der Waals surface area contributed by atoms with Crippen LogP contribution in [0.15, 0.2) is 6.07 Å². The molecule has 0 spiro atoms. The highest BCUT2D eigenvalue weighted by Crippen LogP contribution is 2.29. The van der Waals surface area contributed by atoms with E-state index in [0.29, 0.717) is 0 Å². The zero-order chi connectivity index (χ0) is 15.1. The summed E-state index contributed by atoms with van der Waals surface area (Å²) < 4.78 is 61.2. The summed E-state index contributed by atoms with van der Waals surface area (Å²) in [4.78, 5) is 9.01. The van der Waals surface area contributed by atoms with Gasteiger partial charge in [-0.2, -0.15) is 13.2 Å². The van der Waals surface area contributed by atoms with Gasteiger partial charge >= 0.3 is 6.18 Å². The molecule has 0 saturated carbocycles. The monoisotopic (exact) mass is 309 g/mol. The fourth-order valence-corrected chi connectivity index (χ4v) is 3.68. The van der Waals surface area contributed by atoms with E-state index in [1.165, 1.54) is 11.8 Å². The van der Waals surface area contributed by atoms with Gasteiger partial charge in [0.2, 0.25) is 5.95 Å². The average Bonchev–Trinajstić information content (AvgIpc) is 2.25. The van der Waals surface area contributed by atoms with Crippen molar-refractivity contribution in [3.8, 4) is 0 Å². The molecule has 5 nitrogen and oxygen atoms in total. The van der Waals surface area contributed by atoms with Crippen molar-refractivity contribution in [2.75, 3.05) is 23.0 Å². The number of nitrogens with zero attached hydrogens (tertiary/aromatic N) is 3. The van der Waals surface area contributed by atoms with Crippen LogP contribution in [0.25, 0.3) is 0 Å². The molecule has 1 atom stereocenters. The Kier molecular flexibility index (Phi) is 3.66. The Bertz CT molecular complexity index is 616. The molecule has 2 heterocycles. The second-order valence-corrected chi connectivity index (χ2v) is 7.08. The van der Waals surface area contributed by atoms with Crippen molar-refractivity contribution in [2.45, 2.75) is 26.1 Å². The van der Waals surface area contributed by atoms with Gasteiger partial charge < -0.3 is 4.90 Å². The van der Waals surface area contributed by atoms with Gasteiger partial charge in [0.1, 0.15) is 5.69 Å². The third-order valence-corrected chi connectivity index (χ3v) is 4.85. The zero-order valence-electron chi connectivity index (χ0n) is 11.0.